The van der Waals surface area contributed by atoms with Crippen molar-refractivity contribution in [2.45, 2.75) is 55.4 Å². The predicted molar refractivity (Wildman–Crippen MR) is 383 cm³/mol. The fourth-order valence-electron chi connectivity index (χ4n) is 10.9. The summed E-state index contributed by atoms with van der Waals surface area (Å²) in [6, 6.07) is 52.4. The molecule has 19 heteroatoms. The summed E-state index contributed by atoms with van der Waals surface area (Å²) in [5.41, 5.74) is 24.3. The molecule has 16 nitrogen and oxygen atoms in total. The van der Waals surface area contributed by atoms with E-state index in [-0.39, 0.29) is 39.0 Å². The minimum Gasteiger partial charge on any atom is -0.337 e. The molecular formula is C78H64N16Ru2S+6. The van der Waals surface area contributed by atoms with Crippen LogP contribution in [0.3, 0.4) is 0 Å². The number of thiophene rings is 1. The molecule has 0 aliphatic carbocycles. The molecule has 0 saturated carbocycles. The summed E-state index contributed by atoms with van der Waals surface area (Å²) in [5.74, 6) is 1.62. The number of aromatic amines is 2. The summed E-state index contributed by atoms with van der Waals surface area (Å²) in [6.07, 6.45) is 21.7. The molecule has 97 heavy (non-hydrogen) atoms. The topological polar surface area (TPSA) is 212 Å². The first kappa shape index (κ1) is 67.6. The number of fused-ring (bicyclic) bond motifs is 12. The maximum Gasteiger partial charge on any atom is 3.00 e. The minimum absolute atomic E-state index is 0. The van der Waals surface area contributed by atoms with Crippen molar-refractivity contribution in [3.63, 3.8) is 0 Å². The number of pyridine rings is 12. The second-order valence-electron chi connectivity index (χ2n) is 23.1. The standard InChI is InChI=1S/C30H16N8S.4C12H12N2.2Ru/c1-5-15-21(31-11-1)22-16(6-2-12-32-22)26-25(15)35-29(36-26)19-9-10-20(39-19)30-37-27-17-7-3-13-33-23(17)24-18(28(27)38-30)8-4-14-34-24;4*1-9-3-5-13-11(7-9)12-8-10(2)4-6-14-12;;/h1-14H,(H,35,36)(H,37,38);4*3-8H,1-2H3;;/q;;;;;2*+3. The fourth-order valence-corrected chi connectivity index (χ4v) is 11.8. The zero-order valence-electron chi connectivity index (χ0n) is 54.3. The van der Waals surface area contributed by atoms with Gasteiger partial charge in [-0.1, -0.05) is 0 Å². The second-order valence-corrected chi connectivity index (χ2v) is 24.2. The summed E-state index contributed by atoms with van der Waals surface area (Å²) in [7, 11) is 0. The number of imidazole rings is 2. The van der Waals surface area contributed by atoms with Gasteiger partial charge >= 0.3 is 39.0 Å². The predicted octanol–water partition coefficient (Wildman–Crippen LogP) is 18.1. The van der Waals surface area contributed by atoms with Crippen LogP contribution in [-0.2, 0) is 39.0 Å². The smallest absolute Gasteiger partial charge is 0.337 e. The SMILES string of the molecule is Cc1ccnc(-c2cc(C)ccn2)c1.Cc1ccnc(-c2cc(C)ccn2)c1.Cc1ccnc(-c2cc(C)ccn2)c1.Cc1ccnc(-c2cc(C)ccn2)c1.[Ru+3].[Ru+3].c1cnc2c(c1)c1nc(-c3ccc(-c4nc5c6cccnc6c6ncccc6c5[nH]4)s3)[nH]c1c1cccnc12. The molecule has 0 atom stereocenters. The molecule has 0 aliphatic heterocycles. The second kappa shape index (κ2) is 30.7. The van der Waals surface area contributed by atoms with Gasteiger partial charge < -0.3 is 9.97 Å². The monoisotopic (exact) mass is 1460 g/mol. The van der Waals surface area contributed by atoms with Crippen molar-refractivity contribution in [1.29, 1.82) is 0 Å². The van der Waals surface area contributed by atoms with E-state index in [0.717, 1.165) is 133 Å². The molecule has 0 bridgehead atoms. The van der Waals surface area contributed by atoms with Crippen molar-refractivity contribution < 1.29 is 39.0 Å². The molecule has 17 aromatic rings. The van der Waals surface area contributed by atoms with Gasteiger partial charge in [0.05, 0.1) is 99.4 Å². The Morgan fingerprint density at radius 3 is 0.680 bits per heavy atom. The Hall–Kier alpha value is -10.8. The van der Waals surface area contributed by atoms with Gasteiger partial charge in [-0.3, -0.25) is 59.8 Å². The Kier molecular flexibility index (Phi) is 21.4. The van der Waals surface area contributed by atoms with E-state index in [9.17, 15) is 0 Å². The van der Waals surface area contributed by atoms with Crippen LogP contribution in [0, 0.1) is 55.4 Å². The van der Waals surface area contributed by atoms with Gasteiger partial charge in [0.1, 0.15) is 11.6 Å². The van der Waals surface area contributed by atoms with Gasteiger partial charge in [-0.05, 0) is 258 Å². The van der Waals surface area contributed by atoms with Crippen LogP contribution < -0.4 is 0 Å². The molecule has 0 spiro atoms. The van der Waals surface area contributed by atoms with Crippen LogP contribution in [-0.4, -0.2) is 79.7 Å². The number of hydrogen-bond acceptors (Lipinski definition) is 15. The third-order valence-corrected chi connectivity index (χ3v) is 16.7. The van der Waals surface area contributed by atoms with Crippen molar-refractivity contribution in [2.24, 2.45) is 0 Å². The van der Waals surface area contributed by atoms with E-state index in [1.54, 1.807) is 36.1 Å². The third kappa shape index (κ3) is 15.6. The number of benzene rings is 2. The fraction of sp³-hybridized carbons (Fsp3) is 0.103. The van der Waals surface area contributed by atoms with Crippen LogP contribution in [0.4, 0.5) is 0 Å². The van der Waals surface area contributed by atoms with Crippen molar-refractivity contribution >= 4 is 77.0 Å². The van der Waals surface area contributed by atoms with Crippen LogP contribution in [0.1, 0.15) is 44.5 Å². The van der Waals surface area contributed by atoms with Crippen LogP contribution in [0.15, 0.2) is 232 Å². The number of hydrogen-bond donors (Lipinski definition) is 2. The Balaban J connectivity index is 0.000000137. The summed E-state index contributed by atoms with van der Waals surface area (Å²) >= 11 is 1.64. The van der Waals surface area contributed by atoms with E-state index in [4.69, 9.17) is 9.97 Å². The zero-order chi connectivity index (χ0) is 65.4. The van der Waals surface area contributed by atoms with Gasteiger partial charge in [0, 0.05) is 95.9 Å². The van der Waals surface area contributed by atoms with Gasteiger partial charge in [0.25, 0.3) is 0 Å². The summed E-state index contributed by atoms with van der Waals surface area (Å²) in [6.45, 7) is 16.5. The van der Waals surface area contributed by atoms with Crippen LogP contribution >= 0.6 is 11.3 Å². The molecule has 15 heterocycles. The van der Waals surface area contributed by atoms with Crippen molar-refractivity contribution in [3.05, 3.63) is 277 Å². The van der Waals surface area contributed by atoms with Crippen molar-refractivity contribution in [1.82, 2.24) is 79.7 Å². The molecule has 0 amide bonds. The number of aryl methyl sites for hydroxylation is 8. The maximum atomic E-state index is 5.03. The third-order valence-electron chi connectivity index (χ3n) is 15.6. The van der Waals surface area contributed by atoms with Gasteiger partial charge in [-0.25, -0.2) is 9.97 Å². The molecule has 2 N–H and O–H groups in total. The average Bonchev–Trinajstić information content (AvgIpc) is 1.66. The first-order valence-electron chi connectivity index (χ1n) is 30.9. The molecule has 0 fully saturated rings. The van der Waals surface area contributed by atoms with Gasteiger partial charge in [-0.2, -0.15) is 0 Å². The molecule has 15 aromatic heterocycles. The molecule has 2 radical (unpaired) electrons. The molecule has 0 saturated heterocycles. The summed E-state index contributed by atoms with van der Waals surface area (Å²) < 4.78 is 0. The van der Waals surface area contributed by atoms with Crippen LogP contribution in [0.2, 0.25) is 0 Å². The largest absolute Gasteiger partial charge is 3.00 e. The first-order valence-corrected chi connectivity index (χ1v) is 31.7. The number of H-pyrrole nitrogens is 2. The Bertz CT molecular complexity index is 4780. The number of rotatable bonds is 6. The van der Waals surface area contributed by atoms with E-state index in [2.05, 4.69) is 162 Å². The van der Waals surface area contributed by atoms with Crippen LogP contribution in [0.5, 0.6) is 0 Å². The van der Waals surface area contributed by atoms with E-state index < -0.39 is 0 Å². The van der Waals surface area contributed by atoms with Gasteiger partial charge in [0.2, 0.25) is 0 Å². The molecular weight excluding hydrogens is 1400 g/mol. The normalized spacial score (nSPS) is 10.7. The van der Waals surface area contributed by atoms with E-state index in [1.807, 2.05) is 171 Å². The van der Waals surface area contributed by atoms with E-state index >= 15 is 0 Å². The quantitative estimate of drug-likeness (QED) is 0.117. The molecule has 2 aromatic carbocycles. The molecule has 472 valence electrons. The zero-order valence-corrected chi connectivity index (χ0v) is 58.6. The summed E-state index contributed by atoms with van der Waals surface area (Å²) in [4.78, 5) is 72.0. The van der Waals surface area contributed by atoms with Gasteiger partial charge in [-0.15, -0.1) is 11.3 Å². The number of nitrogens with zero attached hydrogens (tertiary/aromatic N) is 14. The molecule has 17 rings (SSSR count). The summed E-state index contributed by atoms with van der Waals surface area (Å²) in [5, 5.41) is 3.98. The Labute approximate surface area is 590 Å². The first-order chi connectivity index (χ1) is 46.3. The Morgan fingerprint density at radius 2 is 0.454 bits per heavy atom. The number of nitrogens with one attached hydrogen (secondary N) is 2. The van der Waals surface area contributed by atoms with Gasteiger partial charge in [0.15, 0.2) is 0 Å². The Morgan fingerprint density at radius 1 is 0.237 bits per heavy atom. The van der Waals surface area contributed by atoms with E-state index in [0.29, 0.717) is 0 Å². The van der Waals surface area contributed by atoms with Crippen molar-refractivity contribution in [2.75, 3.05) is 0 Å². The van der Waals surface area contributed by atoms with Crippen LogP contribution in [0.25, 0.3) is 133 Å². The van der Waals surface area contributed by atoms with Crippen molar-refractivity contribution in [3.8, 4) is 67.0 Å². The minimum atomic E-state index is 0. The number of aromatic nitrogens is 16. The molecule has 0 unspecified atom stereocenters. The van der Waals surface area contributed by atoms with E-state index in [1.165, 1.54) is 44.5 Å². The average molecular weight is 1460 g/mol. The molecule has 0 aliphatic rings. The maximum absolute atomic E-state index is 5.03.